The van der Waals surface area contributed by atoms with Crippen LogP contribution in [0.5, 0.6) is 0 Å². The molecule has 98 valence electrons. The van der Waals surface area contributed by atoms with Crippen molar-refractivity contribution in [3.8, 4) is 0 Å². The smallest absolute Gasteiger partial charge is 0.303 e. The van der Waals surface area contributed by atoms with Gasteiger partial charge in [0.2, 0.25) is 0 Å². The molecule has 0 amide bonds. The molecule has 2 atom stereocenters. The highest BCUT2D eigenvalue weighted by Gasteiger charge is 2.64. The van der Waals surface area contributed by atoms with Gasteiger partial charge >= 0.3 is 6.18 Å². The van der Waals surface area contributed by atoms with Gasteiger partial charge in [0, 0.05) is 5.92 Å². The summed E-state index contributed by atoms with van der Waals surface area (Å²) in [6.45, 7) is 0. The molecule has 0 saturated heterocycles. The molecule has 0 heterocycles. The summed E-state index contributed by atoms with van der Waals surface area (Å²) in [6, 6.07) is 2.49. The van der Waals surface area contributed by atoms with Gasteiger partial charge in [0.05, 0.1) is 11.5 Å². The van der Waals surface area contributed by atoms with Crippen molar-refractivity contribution in [2.75, 3.05) is 0 Å². The lowest BCUT2D eigenvalue weighted by molar-refractivity contribution is -0.140. The molecule has 1 aliphatic carbocycles. The first-order chi connectivity index (χ1) is 8.19. The lowest BCUT2D eigenvalue weighted by atomic mass is 10.0. The molecule has 0 spiro atoms. The van der Waals surface area contributed by atoms with Gasteiger partial charge in [-0.15, -0.1) is 23.2 Å². The van der Waals surface area contributed by atoms with Gasteiger partial charge in [0.1, 0.15) is 16.4 Å². The van der Waals surface area contributed by atoms with Crippen molar-refractivity contribution in [3.63, 3.8) is 0 Å². The van der Waals surface area contributed by atoms with Crippen molar-refractivity contribution in [1.82, 2.24) is 0 Å². The van der Waals surface area contributed by atoms with Crippen molar-refractivity contribution in [2.24, 2.45) is 5.92 Å². The Balaban J connectivity index is 2.41. The van der Waals surface area contributed by atoms with Crippen LogP contribution in [0.15, 0.2) is 18.2 Å². The predicted molar refractivity (Wildman–Crippen MR) is 58.1 cm³/mol. The van der Waals surface area contributed by atoms with E-state index < -0.39 is 33.7 Å². The van der Waals surface area contributed by atoms with E-state index in [2.05, 4.69) is 0 Å². The molecule has 0 bridgehead atoms. The Kier molecular flexibility index (Phi) is 3.10. The van der Waals surface area contributed by atoms with E-state index in [0.717, 1.165) is 6.07 Å². The molecule has 2 unspecified atom stereocenters. The van der Waals surface area contributed by atoms with E-state index in [1.54, 1.807) is 0 Å². The van der Waals surface area contributed by atoms with Gasteiger partial charge in [-0.1, -0.05) is 6.07 Å². The minimum Gasteiger partial charge on any atom is -0.303 e. The van der Waals surface area contributed by atoms with E-state index >= 15 is 0 Å². The third-order valence-corrected chi connectivity index (χ3v) is 3.88. The molecule has 18 heavy (non-hydrogen) atoms. The standard InChI is InChI=1S/C11H6Cl2F4O/c12-10(13)7(4-18)9(10)5-1-2-8(14)6(3-5)11(15,16)17/h1-4,7,9H. The number of carbonyl (C=O) groups excluding carboxylic acids is 1. The zero-order valence-electron chi connectivity index (χ0n) is 8.64. The molecule has 0 aliphatic heterocycles. The second-order valence-electron chi connectivity index (χ2n) is 4.05. The first kappa shape index (κ1) is 13.6. The highest BCUT2D eigenvalue weighted by molar-refractivity contribution is 6.53. The number of halogens is 6. The van der Waals surface area contributed by atoms with Gasteiger partial charge in [0.25, 0.3) is 0 Å². The number of aldehydes is 1. The topological polar surface area (TPSA) is 17.1 Å². The molecule has 1 fully saturated rings. The fourth-order valence-electron chi connectivity index (χ4n) is 1.90. The number of rotatable bonds is 2. The molecule has 2 rings (SSSR count). The summed E-state index contributed by atoms with van der Waals surface area (Å²) in [5.74, 6) is -2.88. The van der Waals surface area contributed by atoms with Crippen LogP contribution in [0.1, 0.15) is 17.0 Å². The predicted octanol–water partition coefficient (Wildman–Crippen LogP) is 3.93. The van der Waals surface area contributed by atoms with E-state index in [1.165, 1.54) is 0 Å². The van der Waals surface area contributed by atoms with Crippen molar-refractivity contribution >= 4 is 29.5 Å². The molecule has 1 saturated carbocycles. The number of carbonyl (C=O) groups is 1. The van der Waals surface area contributed by atoms with Crippen LogP contribution in [0.3, 0.4) is 0 Å². The zero-order chi connectivity index (χ0) is 13.7. The highest BCUT2D eigenvalue weighted by atomic mass is 35.5. The van der Waals surface area contributed by atoms with E-state index in [0.29, 0.717) is 18.4 Å². The number of hydrogen-bond donors (Lipinski definition) is 0. The van der Waals surface area contributed by atoms with Crippen molar-refractivity contribution in [1.29, 1.82) is 0 Å². The van der Waals surface area contributed by atoms with Crippen molar-refractivity contribution < 1.29 is 22.4 Å². The average Bonchev–Trinajstić information content (AvgIpc) is 2.79. The highest BCUT2D eigenvalue weighted by Crippen LogP contribution is 2.64. The lowest BCUT2D eigenvalue weighted by Gasteiger charge is -2.10. The zero-order valence-corrected chi connectivity index (χ0v) is 10.2. The van der Waals surface area contributed by atoms with Crippen molar-refractivity contribution in [2.45, 2.75) is 16.4 Å². The molecule has 1 aromatic rings. The van der Waals surface area contributed by atoms with Gasteiger partial charge in [0.15, 0.2) is 0 Å². The summed E-state index contributed by atoms with van der Waals surface area (Å²) in [4.78, 5) is 10.7. The minimum atomic E-state index is -4.80. The molecule has 0 N–H and O–H groups in total. The second-order valence-corrected chi connectivity index (χ2v) is 5.50. The van der Waals surface area contributed by atoms with Crippen LogP contribution in [0.4, 0.5) is 17.6 Å². The SMILES string of the molecule is O=CC1C(c2ccc(F)c(C(F)(F)F)c2)C1(Cl)Cl. The third kappa shape index (κ3) is 2.10. The summed E-state index contributed by atoms with van der Waals surface area (Å²) < 4.78 is 49.2. The number of alkyl halides is 5. The van der Waals surface area contributed by atoms with Gasteiger partial charge in [-0.05, 0) is 17.7 Å². The lowest BCUT2D eigenvalue weighted by Crippen LogP contribution is -2.09. The number of hydrogen-bond acceptors (Lipinski definition) is 1. The summed E-state index contributed by atoms with van der Waals surface area (Å²) in [6.07, 6.45) is -4.31. The molecule has 0 aromatic heterocycles. The van der Waals surface area contributed by atoms with Crippen LogP contribution < -0.4 is 0 Å². The maximum absolute atomic E-state index is 13.1. The Bertz CT molecular complexity index is 498. The Morgan fingerprint density at radius 1 is 1.28 bits per heavy atom. The van der Waals surface area contributed by atoms with E-state index in [4.69, 9.17) is 23.2 Å². The molecule has 1 aliphatic rings. The molecule has 1 aromatic carbocycles. The molecule has 7 heteroatoms. The second kappa shape index (κ2) is 4.10. The maximum Gasteiger partial charge on any atom is 0.419 e. The third-order valence-electron chi connectivity index (χ3n) is 2.91. The largest absolute Gasteiger partial charge is 0.419 e. The summed E-state index contributed by atoms with van der Waals surface area (Å²) >= 11 is 11.5. The van der Waals surface area contributed by atoms with Gasteiger partial charge in [-0.2, -0.15) is 13.2 Å². The van der Waals surface area contributed by atoms with Gasteiger partial charge in [-0.3, -0.25) is 0 Å². The van der Waals surface area contributed by atoms with Gasteiger partial charge in [-0.25, -0.2) is 4.39 Å². The molecular weight excluding hydrogens is 295 g/mol. The first-order valence-corrected chi connectivity index (χ1v) is 5.65. The summed E-state index contributed by atoms with van der Waals surface area (Å²) in [7, 11) is 0. The van der Waals surface area contributed by atoms with Gasteiger partial charge < -0.3 is 4.79 Å². The first-order valence-electron chi connectivity index (χ1n) is 4.89. The molecular formula is C11H6Cl2F4O. The Hall–Kier alpha value is -0.810. The van der Waals surface area contributed by atoms with Crippen LogP contribution in [0.2, 0.25) is 0 Å². The van der Waals surface area contributed by atoms with E-state index in [-0.39, 0.29) is 5.56 Å². The summed E-state index contributed by atoms with van der Waals surface area (Å²) in [5.41, 5.74) is -1.29. The fraction of sp³-hybridized carbons (Fsp3) is 0.364. The van der Waals surface area contributed by atoms with Crippen LogP contribution in [0.25, 0.3) is 0 Å². The quantitative estimate of drug-likeness (QED) is 0.459. The normalized spacial score (nSPS) is 25.9. The fourth-order valence-corrected chi connectivity index (χ4v) is 2.66. The Morgan fingerprint density at radius 2 is 1.89 bits per heavy atom. The van der Waals surface area contributed by atoms with E-state index in [9.17, 15) is 22.4 Å². The minimum absolute atomic E-state index is 0.103. The van der Waals surface area contributed by atoms with Crippen LogP contribution >= 0.6 is 23.2 Å². The molecule has 0 radical (unpaired) electrons. The summed E-state index contributed by atoms with van der Waals surface area (Å²) in [5, 5.41) is 0. The van der Waals surface area contributed by atoms with E-state index in [1.807, 2.05) is 0 Å². The molecule has 1 nitrogen and oxygen atoms in total. The van der Waals surface area contributed by atoms with Crippen LogP contribution in [-0.2, 0) is 11.0 Å². The Labute approximate surface area is 110 Å². The maximum atomic E-state index is 13.1. The number of benzene rings is 1. The van der Waals surface area contributed by atoms with Crippen LogP contribution in [0, 0.1) is 11.7 Å². The Morgan fingerprint density at radius 3 is 2.33 bits per heavy atom. The van der Waals surface area contributed by atoms with Crippen LogP contribution in [-0.4, -0.2) is 10.6 Å². The average molecular weight is 301 g/mol. The van der Waals surface area contributed by atoms with Crippen molar-refractivity contribution in [3.05, 3.63) is 35.1 Å². The monoisotopic (exact) mass is 300 g/mol.